The number of carbonyl (C=O) groups is 1. The Morgan fingerprint density at radius 3 is 2.47 bits per heavy atom. The fourth-order valence-electron chi connectivity index (χ4n) is 1.84. The van der Waals surface area contributed by atoms with Crippen LogP contribution in [0.25, 0.3) is 0 Å². The van der Waals surface area contributed by atoms with Gasteiger partial charge in [-0.1, -0.05) is 49.3 Å². The Morgan fingerprint density at radius 1 is 1.42 bits per heavy atom. The molecular formula is C14H19ClN2OS. The van der Waals surface area contributed by atoms with E-state index < -0.39 is 5.92 Å². The van der Waals surface area contributed by atoms with Crippen LogP contribution >= 0.6 is 23.8 Å². The summed E-state index contributed by atoms with van der Waals surface area (Å²) in [6, 6.07) is 7.29. The number of benzene rings is 1. The van der Waals surface area contributed by atoms with Gasteiger partial charge < -0.3 is 11.1 Å². The van der Waals surface area contributed by atoms with Gasteiger partial charge in [-0.2, -0.15) is 0 Å². The molecule has 0 aliphatic rings. The van der Waals surface area contributed by atoms with E-state index in [9.17, 15) is 4.79 Å². The number of rotatable bonds is 6. The van der Waals surface area contributed by atoms with E-state index in [0.717, 1.165) is 12.0 Å². The normalized spacial score (nSPS) is 13.6. The predicted octanol–water partition coefficient (Wildman–Crippen LogP) is 3.22. The van der Waals surface area contributed by atoms with Crippen molar-refractivity contribution in [2.45, 2.75) is 32.7 Å². The zero-order chi connectivity index (χ0) is 14.4. The maximum absolute atomic E-state index is 12.1. The van der Waals surface area contributed by atoms with Crippen molar-refractivity contribution in [3.05, 3.63) is 34.9 Å². The molecule has 0 saturated heterocycles. The molecule has 3 N–H and O–H groups in total. The number of amides is 1. The minimum atomic E-state index is -0.394. The fraction of sp³-hybridized carbons (Fsp3) is 0.429. The molecule has 1 aromatic carbocycles. The van der Waals surface area contributed by atoms with Crippen molar-refractivity contribution in [2.24, 2.45) is 11.7 Å². The first kappa shape index (κ1) is 15.9. The molecule has 0 aliphatic heterocycles. The van der Waals surface area contributed by atoms with Gasteiger partial charge in [0.15, 0.2) is 0 Å². The smallest absolute Gasteiger partial charge is 0.230 e. The maximum atomic E-state index is 12.1. The molecular weight excluding hydrogens is 280 g/mol. The Morgan fingerprint density at radius 2 is 2.00 bits per heavy atom. The first-order chi connectivity index (χ1) is 8.95. The van der Waals surface area contributed by atoms with Gasteiger partial charge in [-0.3, -0.25) is 4.79 Å². The van der Waals surface area contributed by atoms with E-state index >= 15 is 0 Å². The van der Waals surface area contributed by atoms with Gasteiger partial charge in [-0.25, -0.2) is 0 Å². The van der Waals surface area contributed by atoms with Crippen LogP contribution in [-0.4, -0.2) is 10.9 Å². The van der Waals surface area contributed by atoms with Gasteiger partial charge in [-0.05, 0) is 31.0 Å². The van der Waals surface area contributed by atoms with Crippen molar-refractivity contribution in [2.75, 3.05) is 0 Å². The zero-order valence-corrected chi connectivity index (χ0v) is 12.7. The molecule has 3 nitrogen and oxygen atoms in total. The second-order valence-electron chi connectivity index (χ2n) is 4.53. The van der Waals surface area contributed by atoms with Gasteiger partial charge in [0, 0.05) is 5.02 Å². The van der Waals surface area contributed by atoms with Crippen molar-refractivity contribution >= 4 is 34.7 Å². The standard InChI is InChI=1S/C14H19ClN2OS/c1-3-4-12(13(16)19)14(18)17-9(2)10-5-7-11(15)8-6-10/h5-9,12H,3-4H2,1-2H3,(H2,16,19)(H,17,18). The van der Waals surface area contributed by atoms with Crippen LogP contribution in [0.4, 0.5) is 0 Å². The van der Waals surface area contributed by atoms with Crippen LogP contribution in [0.1, 0.15) is 38.3 Å². The highest BCUT2D eigenvalue weighted by molar-refractivity contribution is 7.80. The Balaban J connectivity index is 2.69. The van der Waals surface area contributed by atoms with Crippen molar-refractivity contribution in [1.82, 2.24) is 5.32 Å². The number of nitrogens with two attached hydrogens (primary N) is 1. The minimum Gasteiger partial charge on any atom is -0.393 e. The molecule has 1 rings (SSSR count). The van der Waals surface area contributed by atoms with E-state index in [2.05, 4.69) is 5.32 Å². The molecule has 0 fully saturated rings. The monoisotopic (exact) mass is 298 g/mol. The van der Waals surface area contributed by atoms with Crippen molar-refractivity contribution in [3.63, 3.8) is 0 Å². The number of hydrogen-bond donors (Lipinski definition) is 2. The Bertz CT molecular complexity index is 447. The molecule has 104 valence electrons. The summed E-state index contributed by atoms with van der Waals surface area (Å²) in [6.07, 6.45) is 1.54. The van der Waals surface area contributed by atoms with E-state index in [-0.39, 0.29) is 16.9 Å². The molecule has 1 amide bonds. The summed E-state index contributed by atoms with van der Waals surface area (Å²) in [5.74, 6) is -0.508. The predicted molar refractivity (Wildman–Crippen MR) is 83.2 cm³/mol. The quantitative estimate of drug-likeness (QED) is 0.793. The van der Waals surface area contributed by atoms with Gasteiger partial charge in [-0.15, -0.1) is 0 Å². The number of nitrogens with one attached hydrogen (secondary N) is 1. The number of carbonyl (C=O) groups excluding carboxylic acids is 1. The van der Waals surface area contributed by atoms with Crippen LogP contribution < -0.4 is 11.1 Å². The molecule has 0 spiro atoms. The molecule has 0 radical (unpaired) electrons. The van der Waals surface area contributed by atoms with E-state index in [1.54, 1.807) is 12.1 Å². The van der Waals surface area contributed by atoms with E-state index in [0.29, 0.717) is 11.4 Å². The SMILES string of the molecule is CCCC(C(=O)NC(C)c1ccc(Cl)cc1)C(N)=S. The molecule has 1 aromatic rings. The lowest BCUT2D eigenvalue weighted by molar-refractivity contribution is -0.123. The molecule has 0 saturated carbocycles. The number of thiocarbonyl (C=S) groups is 1. The lowest BCUT2D eigenvalue weighted by Crippen LogP contribution is -2.39. The van der Waals surface area contributed by atoms with Crippen LogP contribution in [0.3, 0.4) is 0 Å². The fourth-order valence-corrected chi connectivity index (χ4v) is 2.19. The molecule has 0 aliphatic carbocycles. The van der Waals surface area contributed by atoms with Gasteiger partial charge in [0.2, 0.25) is 5.91 Å². The molecule has 0 heterocycles. The molecule has 0 bridgehead atoms. The van der Waals surface area contributed by atoms with E-state index in [4.69, 9.17) is 29.6 Å². The maximum Gasteiger partial charge on any atom is 0.230 e. The summed E-state index contributed by atoms with van der Waals surface area (Å²) in [4.78, 5) is 12.4. The molecule has 2 unspecified atom stereocenters. The summed E-state index contributed by atoms with van der Waals surface area (Å²) in [6.45, 7) is 3.92. The van der Waals surface area contributed by atoms with Crippen LogP contribution in [0.15, 0.2) is 24.3 Å². The zero-order valence-electron chi connectivity index (χ0n) is 11.2. The molecule has 5 heteroatoms. The van der Waals surface area contributed by atoms with Gasteiger partial charge in [0.25, 0.3) is 0 Å². The number of halogens is 1. The third-order valence-corrected chi connectivity index (χ3v) is 3.50. The van der Waals surface area contributed by atoms with Crippen LogP contribution in [0, 0.1) is 5.92 Å². The third-order valence-electron chi connectivity index (χ3n) is 2.97. The van der Waals surface area contributed by atoms with Crippen molar-refractivity contribution in [3.8, 4) is 0 Å². The highest BCUT2D eigenvalue weighted by Gasteiger charge is 2.22. The highest BCUT2D eigenvalue weighted by Crippen LogP contribution is 2.17. The number of hydrogen-bond acceptors (Lipinski definition) is 2. The van der Waals surface area contributed by atoms with Crippen molar-refractivity contribution in [1.29, 1.82) is 0 Å². The summed E-state index contributed by atoms with van der Waals surface area (Å²) in [5, 5.41) is 3.61. The van der Waals surface area contributed by atoms with Gasteiger partial charge >= 0.3 is 0 Å². The highest BCUT2D eigenvalue weighted by atomic mass is 35.5. The van der Waals surface area contributed by atoms with Gasteiger partial charge in [0.05, 0.1) is 16.9 Å². The Hall–Kier alpha value is -1.13. The third kappa shape index (κ3) is 4.80. The minimum absolute atomic E-state index is 0.0986. The lowest BCUT2D eigenvalue weighted by Gasteiger charge is -2.19. The molecule has 19 heavy (non-hydrogen) atoms. The average molecular weight is 299 g/mol. The second kappa shape index (κ2) is 7.46. The van der Waals surface area contributed by atoms with Crippen LogP contribution in [-0.2, 0) is 4.79 Å². The molecule has 2 atom stereocenters. The molecule has 0 aromatic heterocycles. The Labute approximate surface area is 124 Å². The van der Waals surface area contributed by atoms with Crippen LogP contribution in [0.2, 0.25) is 5.02 Å². The van der Waals surface area contributed by atoms with Crippen LogP contribution in [0.5, 0.6) is 0 Å². The first-order valence-electron chi connectivity index (χ1n) is 6.30. The summed E-state index contributed by atoms with van der Waals surface area (Å²) in [5.41, 5.74) is 6.61. The second-order valence-corrected chi connectivity index (χ2v) is 5.43. The summed E-state index contributed by atoms with van der Waals surface area (Å²) >= 11 is 10.8. The van der Waals surface area contributed by atoms with E-state index in [1.165, 1.54) is 0 Å². The lowest BCUT2D eigenvalue weighted by atomic mass is 10.0. The van der Waals surface area contributed by atoms with E-state index in [1.807, 2.05) is 26.0 Å². The van der Waals surface area contributed by atoms with Crippen molar-refractivity contribution < 1.29 is 4.79 Å². The summed E-state index contributed by atoms with van der Waals surface area (Å²) < 4.78 is 0. The largest absolute Gasteiger partial charge is 0.393 e. The first-order valence-corrected chi connectivity index (χ1v) is 7.09. The van der Waals surface area contributed by atoms with Gasteiger partial charge in [0.1, 0.15) is 0 Å². The average Bonchev–Trinajstić information content (AvgIpc) is 2.36. The summed E-state index contributed by atoms with van der Waals surface area (Å²) in [7, 11) is 0. The topological polar surface area (TPSA) is 55.1 Å². The Kier molecular flexibility index (Phi) is 6.25.